The predicted octanol–water partition coefficient (Wildman–Crippen LogP) is 3.80. The molecule has 0 radical (unpaired) electrons. The third-order valence-electron chi connectivity index (χ3n) is 4.00. The average Bonchev–Trinajstić information content (AvgIpc) is 3.21. The number of nitrogens with zero attached hydrogens (tertiary/aromatic N) is 2. The van der Waals surface area contributed by atoms with E-state index in [1.54, 1.807) is 11.3 Å². The van der Waals surface area contributed by atoms with Crippen LogP contribution >= 0.6 is 11.3 Å². The Morgan fingerprint density at radius 1 is 1.27 bits per heavy atom. The van der Waals surface area contributed by atoms with Crippen molar-refractivity contribution in [2.24, 2.45) is 0 Å². The molecule has 0 unspecified atom stereocenters. The highest BCUT2D eigenvalue weighted by molar-refractivity contribution is 7.07. The van der Waals surface area contributed by atoms with E-state index in [2.05, 4.69) is 33.9 Å². The van der Waals surface area contributed by atoms with Crippen LogP contribution < -0.4 is 0 Å². The summed E-state index contributed by atoms with van der Waals surface area (Å²) in [5.74, 6) is 0. The average molecular weight is 312 g/mol. The van der Waals surface area contributed by atoms with Crippen LogP contribution in [0.4, 0.5) is 0 Å². The SMILES string of the molecule is N#Cc1ccccc1CN(Cc1ccsc1)C[C@H]1CCCO1. The first-order chi connectivity index (χ1) is 10.8. The van der Waals surface area contributed by atoms with Gasteiger partial charge in [0.05, 0.1) is 17.7 Å². The van der Waals surface area contributed by atoms with Crippen molar-refractivity contribution in [1.29, 1.82) is 5.26 Å². The molecule has 1 aromatic heterocycles. The molecule has 1 aromatic carbocycles. The van der Waals surface area contributed by atoms with Gasteiger partial charge in [-0.15, -0.1) is 0 Å². The number of rotatable bonds is 6. The van der Waals surface area contributed by atoms with Crippen molar-refractivity contribution in [3.8, 4) is 6.07 Å². The lowest BCUT2D eigenvalue weighted by atomic mass is 10.1. The van der Waals surface area contributed by atoms with E-state index in [4.69, 9.17) is 4.74 Å². The molecule has 3 rings (SSSR count). The molecule has 2 aromatic rings. The molecule has 1 saturated heterocycles. The van der Waals surface area contributed by atoms with Crippen LogP contribution in [0.15, 0.2) is 41.1 Å². The molecule has 4 heteroatoms. The number of nitriles is 1. The van der Waals surface area contributed by atoms with Crippen LogP contribution in [0, 0.1) is 11.3 Å². The van der Waals surface area contributed by atoms with Crippen molar-refractivity contribution in [3.05, 3.63) is 57.8 Å². The molecule has 1 aliphatic heterocycles. The molecule has 0 bridgehead atoms. The smallest absolute Gasteiger partial charge is 0.0995 e. The summed E-state index contributed by atoms with van der Waals surface area (Å²) in [5.41, 5.74) is 3.20. The number of ether oxygens (including phenoxy) is 1. The molecule has 0 spiro atoms. The Bertz CT molecular complexity index is 627. The Morgan fingerprint density at radius 2 is 2.18 bits per heavy atom. The van der Waals surface area contributed by atoms with Gasteiger partial charge < -0.3 is 4.74 Å². The molecule has 22 heavy (non-hydrogen) atoms. The fourth-order valence-electron chi connectivity index (χ4n) is 2.91. The second kappa shape index (κ2) is 7.55. The fraction of sp³-hybridized carbons (Fsp3) is 0.389. The number of hydrogen-bond acceptors (Lipinski definition) is 4. The van der Waals surface area contributed by atoms with Gasteiger partial charge in [0.1, 0.15) is 0 Å². The highest BCUT2D eigenvalue weighted by Crippen LogP contribution is 2.19. The van der Waals surface area contributed by atoms with E-state index in [0.717, 1.165) is 50.2 Å². The van der Waals surface area contributed by atoms with Crippen LogP contribution in [0.3, 0.4) is 0 Å². The number of hydrogen-bond donors (Lipinski definition) is 0. The van der Waals surface area contributed by atoms with Crippen molar-refractivity contribution < 1.29 is 4.74 Å². The molecule has 114 valence electrons. The molecular formula is C18H20N2OS. The van der Waals surface area contributed by atoms with Crippen molar-refractivity contribution in [3.63, 3.8) is 0 Å². The van der Waals surface area contributed by atoms with Crippen LogP contribution in [0.25, 0.3) is 0 Å². The summed E-state index contributed by atoms with van der Waals surface area (Å²) in [7, 11) is 0. The Morgan fingerprint density at radius 3 is 2.91 bits per heavy atom. The third kappa shape index (κ3) is 3.95. The Balaban J connectivity index is 1.73. The Labute approximate surface area is 135 Å². The van der Waals surface area contributed by atoms with E-state index < -0.39 is 0 Å². The second-order valence-corrected chi connectivity index (χ2v) is 6.49. The van der Waals surface area contributed by atoms with E-state index >= 15 is 0 Å². The van der Waals surface area contributed by atoms with E-state index in [1.807, 2.05) is 18.2 Å². The zero-order valence-corrected chi connectivity index (χ0v) is 13.4. The highest BCUT2D eigenvalue weighted by atomic mass is 32.1. The highest BCUT2D eigenvalue weighted by Gasteiger charge is 2.20. The molecule has 0 amide bonds. The summed E-state index contributed by atoms with van der Waals surface area (Å²) in [6, 6.07) is 12.3. The molecule has 0 N–H and O–H groups in total. The van der Waals surface area contributed by atoms with Gasteiger partial charge in [0.2, 0.25) is 0 Å². The summed E-state index contributed by atoms with van der Waals surface area (Å²) in [6.07, 6.45) is 2.62. The first kappa shape index (κ1) is 15.2. The van der Waals surface area contributed by atoms with Gasteiger partial charge in [-0.05, 0) is 46.9 Å². The lowest BCUT2D eigenvalue weighted by Gasteiger charge is -2.25. The topological polar surface area (TPSA) is 36.3 Å². The number of thiophene rings is 1. The fourth-order valence-corrected chi connectivity index (χ4v) is 3.57. The van der Waals surface area contributed by atoms with Gasteiger partial charge in [-0.25, -0.2) is 0 Å². The van der Waals surface area contributed by atoms with Gasteiger partial charge in [0.25, 0.3) is 0 Å². The van der Waals surface area contributed by atoms with Crippen LogP contribution in [0.1, 0.15) is 29.5 Å². The van der Waals surface area contributed by atoms with E-state index in [0.29, 0.717) is 6.10 Å². The zero-order chi connectivity index (χ0) is 15.2. The van der Waals surface area contributed by atoms with Gasteiger partial charge in [0, 0.05) is 26.2 Å². The standard InChI is InChI=1S/C18H20N2OS/c19-10-16-4-1-2-5-17(16)12-20(11-15-7-9-22-14-15)13-18-6-3-8-21-18/h1-2,4-5,7,9,14,18H,3,6,8,11-13H2/t18-/m1/s1. The third-order valence-corrected chi connectivity index (χ3v) is 4.74. The molecule has 0 saturated carbocycles. The Hall–Kier alpha value is -1.67. The van der Waals surface area contributed by atoms with E-state index in [9.17, 15) is 5.26 Å². The first-order valence-electron chi connectivity index (χ1n) is 7.68. The van der Waals surface area contributed by atoms with Gasteiger partial charge in [-0.2, -0.15) is 16.6 Å². The lowest BCUT2D eigenvalue weighted by molar-refractivity contribution is 0.0679. The number of benzene rings is 1. The second-order valence-electron chi connectivity index (χ2n) is 5.71. The van der Waals surface area contributed by atoms with Crippen molar-refractivity contribution >= 4 is 11.3 Å². The molecule has 2 heterocycles. The van der Waals surface area contributed by atoms with Crippen molar-refractivity contribution in [2.45, 2.75) is 32.0 Å². The molecule has 0 aliphatic carbocycles. The zero-order valence-electron chi connectivity index (χ0n) is 12.6. The molecule has 1 atom stereocenters. The maximum Gasteiger partial charge on any atom is 0.0995 e. The molecular weight excluding hydrogens is 292 g/mol. The maximum absolute atomic E-state index is 9.28. The summed E-state index contributed by atoms with van der Waals surface area (Å²) in [6.45, 7) is 3.50. The van der Waals surface area contributed by atoms with Gasteiger partial charge in [0.15, 0.2) is 0 Å². The first-order valence-corrected chi connectivity index (χ1v) is 8.62. The maximum atomic E-state index is 9.28. The van der Waals surface area contributed by atoms with Crippen LogP contribution in [-0.2, 0) is 17.8 Å². The minimum atomic E-state index is 0.327. The lowest BCUT2D eigenvalue weighted by Crippen LogP contribution is -2.31. The van der Waals surface area contributed by atoms with Crippen LogP contribution in [-0.4, -0.2) is 24.2 Å². The monoisotopic (exact) mass is 312 g/mol. The van der Waals surface area contributed by atoms with Gasteiger partial charge in [-0.1, -0.05) is 18.2 Å². The van der Waals surface area contributed by atoms with Crippen LogP contribution in [0.2, 0.25) is 0 Å². The van der Waals surface area contributed by atoms with Crippen LogP contribution in [0.5, 0.6) is 0 Å². The van der Waals surface area contributed by atoms with Gasteiger partial charge >= 0.3 is 0 Å². The molecule has 1 fully saturated rings. The molecule has 1 aliphatic rings. The van der Waals surface area contributed by atoms with E-state index in [-0.39, 0.29) is 0 Å². The summed E-state index contributed by atoms with van der Waals surface area (Å²) >= 11 is 1.73. The largest absolute Gasteiger partial charge is 0.377 e. The molecule has 3 nitrogen and oxygen atoms in total. The minimum absolute atomic E-state index is 0.327. The van der Waals surface area contributed by atoms with E-state index in [1.165, 1.54) is 5.56 Å². The summed E-state index contributed by atoms with van der Waals surface area (Å²) < 4.78 is 5.79. The van der Waals surface area contributed by atoms with Gasteiger partial charge in [-0.3, -0.25) is 4.90 Å². The Kier molecular flexibility index (Phi) is 5.23. The minimum Gasteiger partial charge on any atom is -0.377 e. The summed E-state index contributed by atoms with van der Waals surface area (Å²) in [4.78, 5) is 2.40. The summed E-state index contributed by atoms with van der Waals surface area (Å²) in [5, 5.41) is 13.6. The van der Waals surface area contributed by atoms with Crippen molar-refractivity contribution in [1.82, 2.24) is 4.90 Å². The normalized spacial score (nSPS) is 17.7. The van der Waals surface area contributed by atoms with Crippen molar-refractivity contribution in [2.75, 3.05) is 13.2 Å². The predicted molar refractivity (Wildman–Crippen MR) is 88.6 cm³/mol. The quantitative estimate of drug-likeness (QED) is 0.814.